The monoisotopic (exact) mass is 323 g/mol. The molecular weight excluding hydrogens is 298 g/mol. The lowest BCUT2D eigenvalue weighted by Crippen LogP contribution is -2.49. The van der Waals surface area contributed by atoms with Crippen LogP contribution in [0.4, 0.5) is 0 Å². The number of nitrogens with zero attached hydrogens (tertiary/aromatic N) is 1. The second-order valence-electron chi connectivity index (χ2n) is 6.51. The molecule has 6 heteroatoms. The van der Waals surface area contributed by atoms with Gasteiger partial charge in [-0.15, -0.1) is 0 Å². The van der Waals surface area contributed by atoms with Crippen molar-refractivity contribution in [1.82, 2.24) is 0 Å². The molecule has 23 heavy (non-hydrogen) atoms. The molecular formula is C17H25NO5. The molecule has 0 heterocycles. The van der Waals surface area contributed by atoms with Crippen molar-refractivity contribution in [3.63, 3.8) is 0 Å². The van der Waals surface area contributed by atoms with Gasteiger partial charge in [0.1, 0.15) is 17.8 Å². The van der Waals surface area contributed by atoms with Crippen LogP contribution in [0.5, 0.6) is 0 Å². The summed E-state index contributed by atoms with van der Waals surface area (Å²) in [7, 11) is 0. The highest BCUT2D eigenvalue weighted by Crippen LogP contribution is 2.51. The molecule has 0 aromatic rings. The van der Waals surface area contributed by atoms with Crippen molar-refractivity contribution in [3.05, 3.63) is 24.0 Å². The van der Waals surface area contributed by atoms with Crippen LogP contribution in [0.3, 0.4) is 0 Å². The normalized spacial score (nSPS) is 24.5. The quantitative estimate of drug-likeness (QED) is 0.324. The largest absolute Gasteiger partial charge is 0.510 e. The zero-order valence-electron chi connectivity index (χ0n) is 14.2. The molecule has 0 bridgehead atoms. The Labute approximate surface area is 136 Å². The highest BCUT2D eigenvalue weighted by Gasteiger charge is 2.56. The van der Waals surface area contributed by atoms with Gasteiger partial charge in [-0.2, -0.15) is 0 Å². The van der Waals surface area contributed by atoms with Crippen molar-refractivity contribution in [3.8, 4) is 0 Å². The summed E-state index contributed by atoms with van der Waals surface area (Å²) in [5, 5.41) is 24.2. The van der Waals surface area contributed by atoms with Gasteiger partial charge in [0.15, 0.2) is 5.78 Å². The molecule has 1 unspecified atom stereocenters. The number of carboxylic acid groups (broad SMARTS) is 1. The lowest BCUT2D eigenvalue weighted by Gasteiger charge is -2.44. The number of carboxylic acids is 1. The number of carbonyl (C=O) groups is 2. The third kappa shape index (κ3) is 3.30. The molecule has 0 radical (unpaired) electrons. The molecule has 1 aliphatic carbocycles. The molecule has 6 nitrogen and oxygen atoms in total. The van der Waals surface area contributed by atoms with E-state index in [-0.39, 0.29) is 30.1 Å². The van der Waals surface area contributed by atoms with Gasteiger partial charge in [-0.3, -0.25) is 9.59 Å². The van der Waals surface area contributed by atoms with Crippen LogP contribution in [-0.4, -0.2) is 34.3 Å². The maximum atomic E-state index is 12.5. The summed E-state index contributed by atoms with van der Waals surface area (Å²) in [5.41, 5.74) is -2.23. The van der Waals surface area contributed by atoms with Crippen LogP contribution < -0.4 is 0 Å². The Morgan fingerprint density at radius 1 is 1.43 bits per heavy atom. The molecule has 1 aliphatic rings. The van der Waals surface area contributed by atoms with Gasteiger partial charge in [-0.05, 0) is 18.8 Å². The van der Waals surface area contributed by atoms with Crippen LogP contribution in [0.1, 0.15) is 47.0 Å². The van der Waals surface area contributed by atoms with E-state index in [1.807, 2.05) is 6.92 Å². The molecule has 1 atom stereocenters. The molecule has 0 spiro atoms. The van der Waals surface area contributed by atoms with E-state index < -0.39 is 22.6 Å². The molecule has 128 valence electrons. The fourth-order valence-electron chi connectivity index (χ4n) is 2.68. The Balaban J connectivity index is 3.50. The van der Waals surface area contributed by atoms with Gasteiger partial charge in [0.05, 0.1) is 11.3 Å². The van der Waals surface area contributed by atoms with Crippen molar-refractivity contribution in [2.24, 2.45) is 16.0 Å². The third-order valence-electron chi connectivity index (χ3n) is 4.52. The van der Waals surface area contributed by atoms with E-state index >= 15 is 0 Å². The van der Waals surface area contributed by atoms with Gasteiger partial charge < -0.3 is 15.1 Å². The first-order valence-corrected chi connectivity index (χ1v) is 7.63. The Morgan fingerprint density at radius 2 is 2.04 bits per heavy atom. The van der Waals surface area contributed by atoms with Crippen molar-refractivity contribution < 1.29 is 24.6 Å². The zero-order chi connectivity index (χ0) is 17.8. The molecule has 0 aliphatic heterocycles. The highest BCUT2D eigenvalue weighted by molar-refractivity contribution is 6.24. The average Bonchev–Trinajstić information content (AvgIpc) is 2.44. The van der Waals surface area contributed by atoms with E-state index in [1.54, 1.807) is 13.8 Å². The van der Waals surface area contributed by atoms with Gasteiger partial charge in [0.2, 0.25) is 0 Å². The van der Waals surface area contributed by atoms with E-state index in [9.17, 15) is 19.8 Å². The van der Waals surface area contributed by atoms with Gasteiger partial charge in [-0.1, -0.05) is 45.0 Å². The van der Waals surface area contributed by atoms with Gasteiger partial charge in [0.25, 0.3) is 0 Å². The SMILES string of the molecule is C=CCO/N=C(\CCC)C1=C(O)C(C)(C(=O)O)C(C)(C)CC1=O. The van der Waals surface area contributed by atoms with Crippen molar-refractivity contribution in [1.29, 1.82) is 0 Å². The molecule has 0 aromatic heterocycles. The Bertz CT molecular complexity index is 574. The standard InChI is InChI=1S/C17H25NO5/c1-6-8-11(18-23-9-7-2)13-12(19)10-16(3,4)17(5,14(13)20)15(21)22/h7,20H,2,6,8-10H2,1,3-5H3,(H,21,22)/b18-11+. The Hall–Kier alpha value is -2.11. The predicted octanol–water partition coefficient (Wildman–Crippen LogP) is 3.25. The Kier molecular flexibility index (Phi) is 5.75. The number of hydrogen-bond donors (Lipinski definition) is 2. The third-order valence-corrected chi connectivity index (χ3v) is 4.52. The fraction of sp³-hybridized carbons (Fsp3) is 0.588. The molecule has 0 fully saturated rings. The van der Waals surface area contributed by atoms with E-state index in [2.05, 4.69) is 11.7 Å². The number of hydrogen-bond acceptors (Lipinski definition) is 5. The number of allylic oxidation sites excluding steroid dienone is 1. The van der Waals surface area contributed by atoms with Crippen LogP contribution >= 0.6 is 0 Å². The highest BCUT2D eigenvalue weighted by atomic mass is 16.6. The number of Topliss-reactive ketones (excluding diaryl/α,β-unsaturated/α-hetero) is 1. The number of ketones is 1. The Morgan fingerprint density at radius 3 is 2.52 bits per heavy atom. The molecule has 1 rings (SSSR count). The number of rotatable bonds is 7. The summed E-state index contributed by atoms with van der Waals surface area (Å²) in [5.74, 6) is -1.94. The summed E-state index contributed by atoms with van der Waals surface area (Å²) in [6.45, 7) is 10.3. The van der Waals surface area contributed by atoms with Gasteiger partial charge in [-0.25, -0.2) is 0 Å². The van der Waals surface area contributed by atoms with Crippen molar-refractivity contribution in [2.75, 3.05) is 6.61 Å². The minimum Gasteiger partial charge on any atom is -0.510 e. The van der Waals surface area contributed by atoms with E-state index in [0.29, 0.717) is 12.8 Å². The minimum atomic E-state index is -1.57. The first-order chi connectivity index (χ1) is 10.6. The van der Waals surface area contributed by atoms with Crippen LogP contribution in [0.25, 0.3) is 0 Å². The summed E-state index contributed by atoms with van der Waals surface area (Å²) in [4.78, 5) is 29.4. The first-order valence-electron chi connectivity index (χ1n) is 7.63. The predicted molar refractivity (Wildman–Crippen MR) is 87.3 cm³/mol. The zero-order valence-corrected chi connectivity index (χ0v) is 14.2. The average molecular weight is 323 g/mol. The smallest absolute Gasteiger partial charge is 0.317 e. The van der Waals surface area contributed by atoms with Crippen molar-refractivity contribution in [2.45, 2.75) is 47.0 Å². The summed E-state index contributed by atoms with van der Waals surface area (Å²) in [6, 6.07) is 0. The maximum absolute atomic E-state index is 12.5. The van der Waals surface area contributed by atoms with E-state index in [0.717, 1.165) is 0 Å². The molecule has 0 amide bonds. The summed E-state index contributed by atoms with van der Waals surface area (Å²) in [6.07, 6.45) is 2.60. The molecule has 0 saturated carbocycles. The van der Waals surface area contributed by atoms with Gasteiger partial charge in [0, 0.05) is 6.42 Å². The lowest BCUT2D eigenvalue weighted by molar-refractivity contribution is -0.156. The number of oxime groups is 1. The summed E-state index contributed by atoms with van der Waals surface area (Å²) < 4.78 is 0. The first kappa shape index (κ1) is 18.9. The number of aliphatic carboxylic acids is 1. The van der Waals surface area contributed by atoms with E-state index in [4.69, 9.17) is 4.84 Å². The minimum absolute atomic E-state index is 0.0133. The maximum Gasteiger partial charge on any atom is 0.317 e. The van der Waals surface area contributed by atoms with Crippen molar-refractivity contribution >= 4 is 17.5 Å². The number of carbonyl (C=O) groups excluding carboxylic acids is 1. The van der Waals surface area contributed by atoms with Crippen LogP contribution in [0.15, 0.2) is 29.1 Å². The van der Waals surface area contributed by atoms with Crippen LogP contribution in [-0.2, 0) is 14.4 Å². The molecule has 0 aromatic carbocycles. The van der Waals surface area contributed by atoms with E-state index in [1.165, 1.54) is 13.0 Å². The van der Waals surface area contributed by atoms with Crippen LogP contribution in [0, 0.1) is 10.8 Å². The van der Waals surface area contributed by atoms with Crippen LogP contribution in [0.2, 0.25) is 0 Å². The topological polar surface area (TPSA) is 96.2 Å². The second-order valence-corrected chi connectivity index (χ2v) is 6.51. The molecule has 0 saturated heterocycles. The second kappa shape index (κ2) is 6.98. The lowest BCUT2D eigenvalue weighted by atomic mass is 9.58. The summed E-state index contributed by atoms with van der Waals surface area (Å²) >= 11 is 0. The molecule has 2 N–H and O–H groups in total. The van der Waals surface area contributed by atoms with Gasteiger partial charge >= 0.3 is 5.97 Å². The fourth-order valence-corrected chi connectivity index (χ4v) is 2.68. The number of aliphatic hydroxyl groups excluding tert-OH is 1. The number of aliphatic hydroxyl groups is 1.